The molecule has 20 heavy (non-hydrogen) atoms. The van der Waals surface area contributed by atoms with Crippen LogP contribution in [-0.4, -0.2) is 26.2 Å². The summed E-state index contributed by atoms with van der Waals surface area (Å²) in [6.07, 6.45) is 3.67. The molecule has 1 aromatic carbocycles. The molecule has 1 atom stereocenters. The van der Waals surface area contributed by atoms with Gasteiger partial charge in [-0.15, -0.1) is 0 Å². The number of nitriles is 1. The molecule has 108 valence electrons. The summed E-state index contributed by atoms with van der Waals surface area (Å²) < 4.78 is 0. The zero-order chi connectivity index (χ0) is 14.4. The Morgan fingerprint density at radius 2 is 2.30 bits per heavy atom. The zero-order valence-electron chi connectivity index (χ0n) is 12.7. The third-order valence-corrected chi connectivity index (χ3v) is 3.98. The highest BCUT2D eigenvalue weighted by molar-refractivity contribution is 5.60. The fourth-order valence-corrected chi connectivity index (χ4v) is 2.99. The summed E-state index contributed by atoms with van der Waals surface area (Å²) in [5, 5.41) is 12.9. The van der Waals surface area contributed by atoms with Crippen molar-refractivity contribution in [3.05, 3.63) is 29.3 Å². The van der Waals surface area contributed by atoms with Crippen molar-refractivity contribution < 1.29 is 0 Å². The Bertz CT molecular complexity index is 470. The summed E-state index contributed by atoms with van der Waals surface area (Å²) in [5.74, 6) is 0.697. The number of piperidine rings is 1. The molecule has 0 aliphatic carbocycles. The van der Waals surface area contributed by atoms with Crippen molar-refractivity contribution in [2.75, 3.05) is 31.1 Å². The van der Waals surface area contributed by atoms with E-state index >= 15 is 0 Å². The van der Waals surface area contributed by atoms with Crippen molar-refractivity contribution in [3.8, 4) is 6.07 Å². The van der Waals surface area contributed by atoms with Crippen LogP contribution in [0.25, 0.3) is 0 Å². The van der Waals surface area contributed by atoms with Gasteiger partial charge in [-0.1, -0.05) is 13.0 Å². The van der Waals surface area contributed by atoms with E-state index in [2.05, 4.69) is 35.3 Å². The molecule has 0 aromatic heterocycles. The lowest BCUT2D eigenvalue weighted by molar-refractivity contribution is 0.376. The third kappa shape index (κ3) is 3.74. The molecule has 0 spiro atoms. The van der Waals surface area contributed by atoms with E-state index < -0.39 is 0 Å². The fourth-order valence-electron chi connectivity index (χ4n) is 2.99. The standard InChI is InChI=1S/C17H25N3/c1-3-9-20(13-15-5-4-8-19-12-15)17-7-6-14(2)10-16(17)11-18/h6-7,10,15,19H,3-5,8-9,12-13H2,1-2H3. The van der Waals surface area contributed by atoms with Crippen LogP contribution in [0, 0.1) is 24.2 Å². The molecule has 3 nitrogen and oxygen atoms in total. The second kappa shape index (κ2) is 7.31. The SMILES string of the molecule is CCCN(CC1CCCNC1)c1ccc(C)cc1C#N. The van der Waals surface area contributed by atoms with Crippen molar-refractivity contribution >= 4 is 5.69 Å². The van der Waals surface area contributed by atoms with Crippen LogP contribution >= 0.6 is 0 Å². The van der Waals surface area contributed by atoms with Crippen LogP contribution in [-0.2, 0) is 0 Å². The first-order chi connectivity index (χ1) is 9.74. The minimum atomic E-state index is 0.697. The van der Waals surface area contributed by atoms with E-state index in [9.17, 15) is 5.26 Å². The van der Waals surface area contributed by atoms with Gasteiger partial charge in [-0.05, 0) is 62.9 Å². The summed E-state index contributed by atoms with van der Waals surface area (Å²) in [6.45, 7) is 8.57. The number of nitrogens with zero attached hydrogens (tertiary/aromatic N) is 2. The Kier molecular flexibility index (Phi) is 5.43. The molecule has 2 rings (SSSR count). The zero-order valence-corrected chi connectivity index (χ0v) is 12.7. The van der Waals surface area contributed by atoms with Crippen molar-refractivity contribution in [1.29, 1.82) is 5.26 Å². The number of rotatable bonds is 5. The smallest absolute Gasteiger partial charge is 0.101 e. The molecule has 1 aromatic rings. The van der Waals surface area contributed by atoms with Gasteiger partial charge in [0.1, 0.15) is 6.07 Å². The lowest BCUT2D eigenvalue weighted by Gasteiger charge is -2.32. The summed E-state index contributed by atoms with van der Waals surface area (Å²) in [6, 6.07) is 8.57. The van der Waals surface area contributed by atoms with Crippen molar-refractivity contribution in [1.82, 2.24) is 5.32 Å². The Morgan fingerprint density at radius 3 is 2.95 bits per heavy atom. The monoisotopic (exact) mass is 271 g/mol. The van der Waals surface area contributed by atoms with E-state index in [1.807, 2.05) is 13.0 Å². The number of hydrogen-bond donors (Lipinski definition) is 1. The van der Waals surface area contributed by atoms with Gasteiger partial charge in [0.25, 0.3) is 0 Å². The molecule has 0 bridgehead atoms. The number of nitrogens with one attached hydrogen (secondary N) is 1. The Hall–Kier alpha value is -1.53. The van der Waals surface area contributed by atoms with E-state index in [-0.39, 0.29) is 0 Å². The normalized spacial score (nSPS) is 18.6. The quantitative estimate of drug-likeness (QED) is 0.894. The number of aryl methyl sites for hydroxylation is 1. The number of benzene rings is 1. The number of hydrogen-bond acceptors (Lipinski definition) is 3. The van der Waals surface area contributed by atoms with Gasteiger partial charge in [-0.2, -0.15) is 5.26 Å². The highest BCUT2D eigenvalue weighted by Gasteiger charge is 2.18. The van der Waals surface area contributed by atoms with Gasteiger partial charge in [-0.25, -0.2) is 0 Å². The van der Waals surface area contributed by atoms with Crippen LogP contribution in [0.4, 0.5) is 5.69 Å². The first-order valence-corrected chi connectivity index (χ1v) is 7.71. The molecule has 0 saturated carbocycles. The predicted molar refractivity (Wildman–Crippen MR) is 84.0 cm³/mol. The van der Waals surface area contributed by atoms with Gasteiger partial charge >= 0.3 is 0 Å². The van der Waals surface area contributed by atoms with Gasteiger partial charge in [-0.3, -0.25) is 0 Å². The maximum atomic E-state index is 9.38. The largest absolute Gasteiger partial charge is 0.370 e. The first kappa shape index (κ1) is 14.9. The van der Waals surface area contributed by atoms with Crippen molar-refractivity contribution in [2.24, 2.45) is 5.92 Å². The summed E-state index contributed by atoms with van der Waals surface area (Å²) in [7, 11) is 0. The van der Waals surface area contributed by atoms with Gasteiger partial charge in [0, 0.05) is 13.1 Å². The molecule has 0 radical (unpaired) electrons. The van der Waals surface area contributed by atoms with E-state index in [1.165, 1.54) is 12.8 Å². The Balaban J connectivity index is 2.17. The van der Waals surface area contributed by atoms with E-state index in [0.29, 0.717) is 5.92 Å². The maximum absolute atomic E-state index is 9.38. The van der Waals surface area contributed by atoms with Gasteiger partial charge < -0.3 is 10.2 Å². The average molecular weight is 271 g/mol. The molecule has 3 heteroatoms. The summed E-state index contributed by atoms with van der Waals surface area (Å²) >= 11 is 0. The average Bonchev–Trinajstić information content (AvgIpc) is 2.48. The minimum absolute atomic E-state index is 0.697. The molecule has 1 aliphatic heterocycles. The van der Waals surface area contributed by atoms with Crippen LogP contribution < -0.4 is 10.2 Å². The molecule has 1 saturated heterocycles. The van der Waals surface area contributed by atoms with Crippen molar-refractivity contribution in [2.45, 2.75) is 33.1 Å². The summed E-state index contributed by atoms with van der Waals surface area (Å²) in [4.78, 5) is 2.40. The second-order valence-electron chi connectivity index (χ2n) is 5.79. The Labute approximate surface area is 122 Å². The fraction of sp³-hybridized carbons (Fsp3) is 0.588. The maximum Gasteiger partial charge on any atom is 0.101 e. The van der Waals surface area contributed by atoms with Crippen LogP contribution in [0.5, 0.6) is 0 Å². The molecular formula is C17H25N3. The minimum Gasteiger partial charge on any atom is -0.370 e. The highest BCUT2D eigenvalue weighted by Crippen LogP contribution is 2.24. The molecular weight excluding hydrogens is 246 g/mol. The van der Waals surface area contributed by atoms with Gasteiger partial charge in [0.2, 0.25) is 0 Å². The highest BCUT2D eigenvalue weighted by atomic mass is 15.1. The number of anilines is 1. The lowest BCUT2D eigenvalue weighted by atomic mass is 9.98. The van der Waals surface area contributed by atoms with E-state index in [0.717, 1.165) is 49.4 Å². The van der Waals surface area contributed by atoms with Crippen LogP contribution in [0.15, 0.2) is 18.2 Å². The lowest BCUT2D eigenvalue weighted by Crippen LogP contribution is -2.39. The molecule has 1 N–H and O–H groups in total. The third-order valence-electron chi connectivity index (χ3n) is 3.98. The molecule has 1 aliphatic rings. The molecule has 1 fully saturated rings. The van der Waals surface area contributed by atoms with Crippen LogP contribution in [0.3, 0.4) is 0 Å². The van der Waals surface area contributed by atoms with E-state index in [4.69, 9.17) is 0 Å². The van der Waals surface area contributed by atoms with Gasteiger partial charge in [0.15, 0.2) is 0 Å². The summed E-state index contributed by atoms with van der Waals surface area (Å²) in [5.41, 5.74) is 3.06. The predicted octanol–water partition coefficient (Wildman–Crippen LogP) is 3.08. The molecule has 0 amide bonds. The van der Waals surface area contributed by atoms with Crippen LogP contribution in [0.2, 0.25) is 0 Å². The molecule has 1 unspecified atom stereocenters. The van der Waals surface area contributed by atoms with Gasteiger partial charge in [0.05, 0.1) is 11.3 Å². The Morgan fingerprint density at radius 1 is 1.45 bits per heavy atom. The topological polar surface area (TPSA) is 39.1 Å². The van der Waals surface area contributed by atoms with E-state index in [1.54, 1.807) is 0 Å². The first-order valence-electron chi connectivity index (χ1n) is 7.71. The second-order valence-corrected chi connectivity index (χ2v) is 5.79. The van der Waals surface area contributed by atoms with Crippen molar-refractivity contribution in [3.63, 3.8) is 0 Å². The van der Waals surface area contributed by atoms with Crippen LogP contribution in [0.1, 0.15) is 37.3 Å². The molecule has 1 heterocycles.